The number of anilines is 1. The molecule has 0 aliphatic carbocycles. The van der Waals surface area contributed by atoms with Gasteiger partial charge in [-0.2, -0.15) is 0 Å². The van der Waals surface area contributed by atoms with E-state index in [0.29, 0.717) is 0 Å². The van der Waals surface area contributed by atoms with Gasteiger partial charge in [-0.25, -0.2) is 0 Å². The second kappa shape index (κ2) is 4.94. The van der Waals surface area contributed by atoms with E-state index in [9.17, 15) is 0 Å². The fourth-order valence-electron chi connectivity index (χ4n) is 1.45. The number of rotatable bonds is 4. The van der Waals surface area contributed by atoms with E-state index in [1.165, 1.54) is 16.1 Å². The molecule has 2 heterocycles. The van der Waals surface area contributed by atoms with Crippen molar-refractivity contribution in [3.8, 4) is 0 Å². The van der Waals surface area contributed by atoms with Crippen LogP contribution in [0.3, 0.4) is 0 Å². The molecule has 2 rings (SSSR count). The predicted molar refractivity (Wildman–Crippen MR) is 65.5 cm³/mol. The smallest absolute Gasteiger partial charge is 0.0400 e. The van der Waals surface area contributed by atoms with Crippen LogP contribution in [-0.4, -0.2) is 11.5 Å². The van der Waals surface area contributed by atoms with E-state index in [4.69, 9.17) is 0 Å². The van der Waals surface area contributed by atoms with E-state index in [1.807, 2.05) is 29.8 Å². The summed E-state index contributed by atoms with van der Waals surface area (Å²) in [5, 5.41) is 5.54. The summed E-state index contributed by atoms with van der Waals surface area (Å²) in [5.41, 5.74) is 2.38. The molecule has 2 nitrogen and oxygen atoms in total. The molecule has 0 radical (unpaired) electrons. The normalized spacial score (nSPS) is 10.2. The van der Waals surface area contributed by atoms with Crippen molar-refractivity contribution >= 4 is 17.0 Å². The van der Waals surface area contributed by atoms with Crippen molar-refractivity contribution in [2.75, 3.05) is 11.9 Å². The molecule has 0 aliphatic rings. The van der Waals surface area contributed by atoms with Crippen molar-refractivity contribution in [1.29, 1.82) is 0 Å². The summed E-state index contributed by atoms with van der Waals surface area (Å²) in [7, 11) is 0. The fraction of sp³-hybridized carbons (Fsp3) is 0.250. The molecule has 15 heavy (non-hydrogen) atoms. The van der Waals surface area contributed by atoms with Gasteiger partial charge in [0, 0.05) is 29.5 Å². The van der Waals surface area contributed by atoms with Gasteiger partial charge in [0.05, 0.1) is 0 Å². The number of nitrogens with zero attached hydrogens (tertiary/aromatic N) is 1. The highest BCUT2D eigenvalue weighted by Crippen LogP contribution is 2.13. The Kier molecular flexibility index (Phi) is 3.35. The van der Waals surface area contributed by atoms with Crippen LogP contribution in [0.25, 0.3) is 0 Å². The molecule has 0 saturated heterocycles. The molecule has 2 aromatic rings. The Balaban J connectivity index is 1.86. The molecule has 0 aliphatic heterocycles. The second-order valence-corrected chi connectivity index (χ2v) is 4.48. The summed E-state index contributed by atoms with van der Waals surface area (Å²) in [4.78, 5) is 5.49. The molecule has 0 amide bonds. The summed E-state index contributed by atoms with van der Waals surface area (Å²) in [5.74, 6) is 0. The van der Waals surface area contributed by atoms with Crippen LogP contribution in [0.15, 0.2) is 36.0 Å². The van der Waals surface area contributed by atoms with Crippen molar-refractivity contribution in [2.45, 2.75) is 13.3 Å². The molecular weight excluding hydrogens is 204 g/mol. The lowest BCUT2D eigenvalue weighted by atomic mass is 10.2. The Morgan fingerprint density at radius 3 is 3.07 bits per heavy atom. The third kappa shape index (κ3) is 2.80. The lowest BCUT2D eigenvalue weighted by Crippen LogP contribution is -2.05. The highest BCUT2D eigenvalue weighted by Gasteiger charge is 1.97. The maximum atomic E-state index is 4.06. The first-order chi connectivity index (χ1) is 7.36. The number of pyridine rings is 1. The molecule has 3 heteroatoms. The SMILES string of the molecule is Cc1cnccc1NCCc1cccs1. The summed E-state index contributed by atoms with van der Waals surface area (Å²) >= 11 is 1.81. The third-order valence-corrected chi connectivity index (χ3v) is 3.22. The Labute approximate surface area is 94.0 Å². The van der Waals surface area contributed by atoms with Crippen LogP contribution in [0.5, 0.6) is 0 Å². The van der Waals surface area contributed by atoms with Gasteiger partial charge < -0.3 is 5.32 Å². The van der Waals surface area contributed by atoms with Crippen molar-refractivity contribution < 1.29 is 0 Å². The lowest BCUT2D eigenvalue weighted by molar-refractivity contribution is 1.04. The zero-order valence-electron chi connectivity index (χ0n) is 8.73. The van der Waals surface area contributed by atoms with Gasteiger partial charge in [0.15, 0.2) is 0 Å². The summed E-state index contributed by atoms with van der Waals surface area (Å²) < 4.78 is 0. The molecular formula is C12H14N2S. The van der Waals surface area contributed by atoms with Crippen LogP contribution in [0.1, 0.15) is 10.4 Å². The molecule has 0 fully saturated rings. The minimum Gasteiger partial charge on any atom is -0.384 e. The van der Waals surface area contributed by atoms with Crippen molar-refractivity contribution in [3.63, 3.8) is 0 Å². The van der Waals surface area contributed by atoms with Crippen molar-refractivity contribution in [3.05, 3.63) is 46.4 Å². The van der Waals surface area contributed by atoms with Gasteiger partial charge >= 0.3 is 0 Å². The Hall–Kier alpha value is -1.35. The summed E-state index contributed by atoms with van der Waals surface area (Å²) in [6, 6.07) is 6.28. The molecule has 0 spiro atoms. The van der Waals surface area contributed by atoms with E-state index in [1.54, 1.807) is 0 Å². The van der Waals surface area contributed by atoms with E-state index in [-0.39, 0.29) is 0 Å². The first-order valence-corrected chi connectivity index (χ1v) is 5.91. The summed E-state index contributed by atoms with van der Waals surface area (Å²) in [6.07, 6.45) is 4.79. The first kappa shape index (κ1) is 10.2. The zero-order valence-corrected chi connectivity index (χ0v) is 9.55. The van der Waals surface area contributed by atoms with Gasteiger partial charge in [0.25, 0.3) is 0 Å². The van der Waals surface area contributed by atoms with Gasteiger partial charge in [0.2, 0.25) is 0 Å². The van der Waals surface area contributed by atoms with Crippen LogP contribution >= 0.6 is 11.3 Å². The van der Waals surface area contributed by atoms with Crippen molar-refractivity contribution in [1.82, 2.24) is 4.98 Å². The minimum atomic E-state index is 0.978. The second-order valence-electron chi connectivity index (χ2n) is 3.45. The summed E-state index contributed by atoms with van der Waals surface area (Å²) in [6.45, 7) is 3.05. The number of thiophene rings is 1. The maximum Gasteiger partial charge on any atom is 0.0400 e. The van der Waals surface area contributed by atoms with Gasteiger partial charge in [-0.3, -0.25) is 4.98 Å². The van der Waals surface area contributed by atoms with Crippen LogP contribution in [-0.2, 0) is 6.42 Å². The molecule has 1 N–H and O–H groups in total. The standard InChI is InChI=1S/C12H14N2S/c1-10-9-13-6-5-12(10)14-7-4-11-3-2-8-15-11/h2-3,5-6,8-9H,4,7H2,1H3,(H,13,14). The van der Waals surface area contributed by atoms with E-state index in [0.717, 1.165) is 13.0 Å². The Bertz CT molecular complexity index is 409. The molecule has 0 atom stereocenters. The number of aryl methyl sites for hydroxylation is 1. The van der Waals surface area contributed by atoms with Gasteiger partial charge in [-0.15, -0.1) is 11.3 Å². The lowest BCUT2D eigenvalue weighted by Gasteiger charge is -2.07. The molecule has 78 valence electrons. The maximum absolute atomic E-state index is 4.06. The molecule has 2 aromatic heterocycles. The molecule has 0 saturated carbocycles. The topological polar surface area (TPSA) is 24.9 Å². The number of nitrogens with one attached hydrogen (secondary N) is 1. The first-order valence-electron chi connectivity index (χ1n) is 5.03. The van der Waals surface area contributed by atoms with Crippen LogP contribution in [0.2, 0.25) is 0 Å². The predicted octanol–water partition coefficient (Wildman–Crippen LogP) is 3.11. The average Bonchev–Trinajstić information content (AvgIpc) is 2.74. The molecule has 0 bridgehead atoms. The quantitative estimate of drug-likeness (QED) is 0.853. The zero-order chi connectivity index (χ0) is 10.5. The average molecular weight is 218 g/mol. The fourth-order valence-corrected chi connectivity index (χ4v) is 2.16. The number of hydrogen-bond acceptors (Lipinski definition) is 3. The Morgan fingerprint density at radius 2 is 2.33 bits per heavy atom. The molecule has 0 unspecified atom stereocenters. The van der Waals surface area contributed by atoms with Gasteiger partial charge in [0.1, 0.15) is 0 Å². The monoisotopic (exact) mass is 218 g/mol. The third-order valence-electron chi connectivity index (χ3n) is 2.29. The van der Waals surface area contributed by atoms with E-state index < -0.39 is 0 Å². The Morgan fingerprint density at radius 1 is 1.40 bits per heavy atom. The van der Waals surface area contributed by atoms with Gasteiger partial charge in [-0.1, -0.05) is 6.07 Å². The number of hydrogen-bond donors (Lipinski definition) is 1. The van der Waals surface area contributed by atoms with Crippen LogP contribution in [0, 0.1) is 6.92 Å². The highest BCUT2D eigenvalue weighted by molar-refractivity contribution is 7.09. The van der Waals surface area contributed by atoms with Crippen LogP contribution < -0.4 is 5.32 Å². The van der Waals surface area contributed by atoms with Crippen molar-refractivity contribution in [2.24, 2.45) is 0 Å². The molecule has 0 aromatic carbocycles. The van der Waals surface area contributed by atoms with Gasteiger partial charge in [-0.05, 0) is 36.4 Å². The van der Waals surface area contributed by atoms with E-state index >= 15 is 0 Å². The van der Waals surface area contributed by atoms with Crippen LogP contribution in [0.4, 0.5) is 5.69 Å². The minimum absolute atomic E-state index is 0.978. The van der Waals surface area contributed by atoms with E-state index in [2.05, 4.69) is 34.7 Å². The number of aromatic nitrogens is 1. The highest BCUT2D eigenvalue weighted by atomic mass is 32.1. The largest absolute Gasteiger partial charge is 0.384 e.